The monoisotopic (exact) mass is 439 g/mol. The summed E-state index contributed by atoms with van der Waals surface area (Å²) in [5.74, 6) is 0.696. The van der Waals surface area contributed by atoms with Crippen LogP contribution >= 0.6 is 0 Å². The molecule has 0 aromatic heterocycles. The van der Waals surface area contributed by atoms with E-state index in [1.807, 2.05) is 11.8 Å². The highest BCUT2D eigenvalue weighted by Crippen LogP contribution is 2.29. The van der Waals surface area contributed by atoms with Gasteiger partial charge in [-0.1, -0.05) is 12.1 Å². The number of aliphatic imine (C=N–C) groups is 1. The maximum absolute atomic E-state index is 12.7. The van der Waals surface area contributed by atoms with E-state index in [-0.39, 0.29) is 18.5 Å². The molecule has 0 aliphatic carbocycles. The summed E-state index contributed by atoms with van der Waals surface area (Å²) >= 11 is 0. The summed E-state index contributed by atoms with van der Waals surface area (Å²) < 4.78 is 38.2. The molecule has 2 aliphatic rings. The maximum atomic E-state index is 12.7. The number of amides is 1. The van der Waals surface area contributed by atoms with Gasteiger partial charge in [-0.25, -0.2) is 4.99 Å². The van der Waals surface area contributed by atoms with Gasteiger partial charge in [0.25, 0.3) is 0 Å². The number of rotatable bonds is 6. The predicted molar refractivity (Wildman–Crippen MR) is 115 cm³/mol. The molecular formula is C22H32F3N5O. The van der Waals surface area contributed by atoms with Crippen molar-refractivity contribution in [2.24, 2.45) is 4.99 Å². The van der Waals surface area contributed by atoms with Gasteiger partial charge >= 0.3 is 6.18 Å². The van der Waals surface area contributed by atoms with Crippen LogP contribution in [0.2, 0.25) is 0 Å². The van der Waals surface area contributed by atoms with E-state index in [4.69, 9.17) is 0 Å². The SMILES string of the molecule is CCNC(=NCC(=O)N1CCCCC1)NC1CCN(Cc2ccc(C(F)(F)F)cc2)C1. The minimum atomic E-state index is -4.31. The molecule has 2 aliphatic heterocycles. The smallest absolute Gasteiger partial charge is 0.357 e. The van der Waals surface area contributed by atoms with Crippen molar-refractivity contribution >= 4 is 11.9 Å². The molecule has 1 amide bonds. The number of likely N-dealkylation sites (tertiary alicyclic amines) is 2. The topological polar surface area (TPSA) is 60.0 Å². The molecule has 1 unspecified atom stereocenters. The number of benzene rings is 1. The lowest BCUT2D eigenvalue weighted by Gasteiger charge is -2.26. The van der Waals surface area contributed by atoms with Crippen LogP contribution in [0.4, 0.5) is 13.2 Å². The minimum absolute atomic E-state index is 0.0623. The fourth-order valence-corrected chi connectivity index (χ4v) is 4.05. The quantitative estimate of drug-likeness (QED) is 0.529. The Labute approximate surface area is 181 Å². The van der Waals surface area contributed by atoms with Crippen LogP contribution in [0.1, 0.15) is 43.7 Å². The average molecular weight is 440 g/mol. The number of carbonyl (C=O) groups is 1. The van der Waals surface area contributed by atoms with Gasteiger partial charge in [-0.2, -0.15) is 13.2 Å². The van der Waals surface area contributed by atoms with Crippen LogP contribution in [-0.2, 0) is 17.5 Å². The summed E-state index contributed by atoms with van der Waals surface area (Å²) in [6.07, 6.45) is -0.0964. The van der Waals surface area contributed by atoms with Crippen LogP contribution in [0.3, 0.4) is 0 Å². The van der Waals surface area contributed by atoms with E-state index < -0.39 is 11.7 Å². The standard InChI is InChI=1S/C22H32F3N5O/c1-2-26-21(27-14-20(31)30-11-4-3-5-12-30)28-19-10-13-29(16-19)15-17-6-8-18(9-7-17)22(23,24)25/h6-9,19H,2-5,10-16H2,1H3,(H2,26,27,28). The number of hydrogen-bond donors (Lipinski definition) is 2. The van der Waals surface area contributed by atoms with Gasteiger partial charge in [0, 0.05) is 45.3 Å². The van der Waals surface area contributed by atoms with Gasteiger partial charge < -0.3 is 15.5 Å². The van der Waals surface area contributed by atoms with E-state index >= 15 is 0 Å². The molecule has 1 aromatic carbocycles. The van der Waals surface area contributed by atoms with Crippen LogP contribution < -0.4 is 10.6 Å². The van der Waals surface area contributed by atoms with Crippen LogP contribution in [0.25, 0.3) is 0 Å². The fraction of sp³-hybridized carbons (Fsp3) is 0.636. The van der Waals surface area contributed by atoms with Crippen LogP contribution in [-0.4, -0.2) is 67.0 Å². The zero-order valence-electron chi connectivity index (χ0n) is 18.0. The van der Waals surface area contributed by atoms with Gasteiger partial charge in [0.05, 0.1) is 5.56 Å². The number of piperidine rings is 1. The molecule has 9 heteroatoms. The number of nitrogens with zero attached hydrogens (tertiary/aromatic N) is 3. The van der Waals surface area contributed by atoms with Crippen molar-refractivity contribution in [3.63, 3.8) is 0 Å². The highest BCUT2D eigenvalue weighted by molar-refractivity contribution is 5.85. The first-order valence-electron chi connectivity index (χ1n) is 11.1. The Morgan fingerprint density at radius 3 is 2.48 bits per heavy atom. The van der Waals surface area contributed by atoms with E-state index in [2.05, 4.69) is 20.5 Å². The number of nitrogens with one attached hydrogen (secondary N) is 2. The zero-order valence-corrected chi connectivity index (χ0v) is 18.0. The molecule has 3 rings (SSSR count). The molecule has 0 radical (unpaired) electrons. The molecule has 172 valence electrons. The largest absolute Gasteiger partial charge is 0.416 e. The van der Waals surface area contributed by atoms with Gasteiger partial charge in [-0.3, -0.25) is 9.69 Å². The van der Waals surface area contributed by atoms with Gasteiger partial charge in [0.1, 0.15) is 6.54 Å². The number of alkyl halides is 3. The van der Waals surface area contributed by atoms with Crippen molar-refractivity contribution in [2.75, 3.05) is 39.3 Å². The third kappa shape index (κ3) is 7.12. The second-order valence-corrected chi connectivity index (χ2v) is 8.20. The van der Waals surface area contributed by atoms with Crippen molar-refractivity contribution in [3.05, 3.63) is 35.4 Å². The fourth-order valence-electron chi connectivity index (χ4n) is 4.05. The third-order valence-electron chi connectivity index (χ3n) is 5.73. The Balaban J connectivity index is 1.49. The van der Waals surface area contributed by atoms with Crippen molar-refractivity contribution in [3.8, 4) is 0 Å². The Morgan fingerprint density at radius 1 is 1.13 bits per heavy atom. The molecule has 2 fully saturated rings. The van der Waals surface area contributed by atoms with Gasteiger partial charge in [-0.05, 0) is 50.3 Å². The molecular weight excluding hydrogens is 407 g/mol. The summed E-state index contributed by atoms with van der Waals surface area (Å²) in [5, 5.41) is 6.59. The molecule has 0 bridgehead atoms. The van der Waals surface area contributed by atoms with Gasteiger partial charge in [0.15, 0.2) is 5.96 Å². The number of halogens is 3. The van der Waals surface area contributed by atoms with Crippen molar-refractivity contribution < 1.29 is 18.0 Å². The average Bonchev–Trinajstić information content (AvgIpc) is 3.19. The first kappa shape index (κ1) is 23.4. The lowest BCUT2D eigenvalue weighted by molar-refractivity contribution is -0.137. The Morgan fingerprint density at radius 2 is 1.84 bits per heavy atom. The predicted octanol–water partition coefficient (Wildman–Crippen LogP) is 2.85. The van der Waals surface area contributed by atoms with E-state index in [0.29, 0.717) is 19.0 Å². The molecule has 0 saturated carbocycles. The van der Waals surface area contributed by atoms with Crippen molar-refractivity contribution in [1.29, 1.82) is 0 Å². The Bertz CT molecular complexity index is 745. The summed E-state index contributed by atoms with van der Waals surface area (Å²) in [6, 6.07) is 5.53. The van der Waals surface area contributed by atoms with E-state index in [1.54, 1.807) is 12.1 Å². The van der Waals surface area contributed by atoms with E-state index in [1.165, 1.54) is 6.42 Å². The summed E-state index contributed by atoms with van der Waals surface area (Å²) in [4.78, 5) is 20.9. The molecule has 1 atom stereocenters. The van der Waals surface area contributed by atoms with Crippen LogP contribution in [0, 0.1) is 0 Å². The third-order valence-corrected chi connectivity index (χ3v) is 5.73. The first-order valence-corrected chi connectivity index (χ1v) is 11.1. The Hall–Kier alpha value is -2.29. The number of hydrogen-bond acceptors (Lipinski definition) is 3. The summed E-state index contributed by atoms with van der Waals surface area (Å²) in [5.41, 5.74) is 0.240. The second-order valence-electron chi connectivity index (χ2n) is 8.20. The highest BCUT2D eigenvalue weighted by atomic mass is 19.4. The first-order chi connectivity index (χ1) is 14.8. The van der Waals surface area contributed by atoms with Crippen LogP contribution in [0.15, 0.2) is 29.3 Å². The number of guanidine groups is 1. The minimum Gasteiger partial charge on any atom is -0.357 e. The summed E-state index contributed by atoms with van der Waals surface area (Å²) in [6.45, 7) is 6.69. The molecule has 2 heterocycles. The maximum Gasteiger partial charge on any atom is 0.416 e. The van der Waals surface area contributed by atoms with E-state index in [9.17, 15) is 18.0 Å². The highest BCUT2D eigenvalue weighted by Gasteiger charge is 2.30. The summed E-state index contributed by atoms with van der Waals surface area (Å²) in [7, 11) is 0. The van der Waals surface area contributed by atoms with E-state index in [0.717, 1.165) is 63.1 Å². The molecule has 1 aromatic rings. The Kier molecular flexibility index (Phi) is 8.17. The van der Waals surface area contributed by atoms with Crippen LogP contribution in [0.5, 0.6) is 0 Å². The zero-order chi connectivity index (χ0) is 22.3. The lowest BCUT2D eigenvalue weighted by Crippen LogP contribution is -2.45. The lowest BCUT2D eigenvalue weighted by atomic mass is 10.1. The molecule has 2 saturated heterocycles. The molecule has 31 heavy (non-hydrogen) atoms. The van der Waals surface area contributed by atoms with Gasteiger partial charge in [0.2, 0.25) is 5.91 Å². The molecule has 2 N–H and O–H groups in total. The number of carbonyl (C=O) groups excluding carboxylic acids is 1. The normalized spacial score (nSPS) is 20.7. The molecule has 6 nitrogen and oxygen atoms in total. The molecule has 0 spiro atoms. The van der Waals surface area contributed by atoms with Crippen molar-refractivity contribution in [2.45, 2.75) is 51.4 Å². The van der Waals surface area contributed by atoms with Gasteiger partial charge in [-0.15, -0.1) is 0 Å². The second kappa shape index (κ2) is 10.8. The van der Waals surface area contributed by atoms with Crippen molar-refractivity contribution in [1.82, 2.24) is 20.4 Å².